The molecule has 0 saturated carbocycles. The lowest BCUT2D eigenvalue weighted by Gasteiger charge is -2.06. The van der Waals surface area contributed by atoms with Gasteiger partial charge in [-0.25, -0.2) is 0 Å². The van der Waals surface area contributed by atoms with Crippen molar-refractivity contribution < 1.29 is 9.32 Å². The summed E-state index contributed by atoms with van der Waals surface area (Å²) < 4.78 is 6.11. The molecule has 0 unspecified atom stereocenters. The molecule has 1 amide bonds. The Morgan fingerprint density at radius 3 is 2.64 bits per heavy atom. The average molecular weight is 357 g/mol. The van der Waals surface area contributed by atoms with Crippen LogP contribution in [0.2, 0.25) is 0 Å². The topological polar surface area (TPSA) is 55.1 Å². The van der Waals surface area contributed by atoms with Gasteiger partial charge in [0.05, 0.1) is 0 Å². The summed E-state index contributed by atoms with van der Waals surface area (Å²) >= 11 is 3.38. The van der Waals surface area contributed by atoms with Crippen molar-refractivity contribution in [1.82, 2.24) is 5.16 Å². The van der Waals surface area contributed by atoms with Gasteiger partial charge in [0, 0.05) is 15.7 Å². The van der Waals surface area contributed by atoms with E-state index >= 15 is 0 Å². The third-order valence-corrected chi connectivity index (χ3v) is 3.71. The van der Waals surface area contributed by atoms with Crippen molar-refractivity contribution in [3.8, 4) is 11.3 Å². The molecule has 0 bridgehead atoms. The normalized spacial score (nSPS) is 10.5. The van der Waals surface area contributed by atoms with Gasteiger partial charge in [-0.05, 0) is 25.1 Å². The molecule has 22 heavy (non-hydrogen) atoms. The maximum atomic E-state index is 12.6. The van der Waals surface area contributed by atoms with E-state index in [1.54, 1.807) is 6.92 Å². The first-order valence-corrected chi connectivity index (χ1v) is 7.53. The van der Waals surface area contributed by atoms with E-state index < -0.39 is 0 Å². The van der Waals surface area contributed by atoms with Crippen LogP contribution >= 0.6 is 15.9 Å². The molecule has 1 heterocycles. The lowest BCUT2D eigenvalue weighted by Crippen LogP contribution is -2.13. The van der Waals surface area contributed by atoms with Gasteiger partial charge in [-0.3, -0.25) is 4.79 Å². The van der Waals surface area contributed by atoms with Crippen molar-refractivity contribution in [2.45, 2.75) is 6.92 Å². The van der Waals surface area contributed by atoms with Gasteiger partial charge in [-0.1, -0.05) is 57.5 Å². The van der Waals surface area contributed by atoms with Crippen LogP contribution in [0.25, 0.3) is 11.3 Å². The Balaban J connectivity index is 1.95. The van der Waals surface area contributed by atoms with E-state index in [4.69, 9.17) is 4.52 Å². The third kappa shape index (κ3) is 2.94. The van der Waals surface area contributed by atoms with Crippen LogP contribution in [0, 0.1) is 6.92 Å². The summed E-state index contributed by atoms with van der Waals surface area (Å²) in [4.78, 5) is 12.6. The Bertz CT molecular complexity index is 813. The van der Waals surface area contributed by atoms with Gasteiger partial charge < -0.3 is 9.84 Å². The first-order chi connectivity index (χ1) is 10.6. The Hall–Kier alpha value is -2.40. The molecule has 3 rings (SSSR count). The van der Waals surface area contributed by atoms with Crippen molar-refractivity contribution in [3.05, 3.63) is 70.4 Å². The molecule has 2 aromatic carbocycles. The number of aromatic nitrogens is 1. The van der Waals surface area contributed by atoms with E-state index in [9.17, 15) is 4.79 Å². The second kappa shape index (κ2) is 6.15. The van der Waals surface area contributed by atoms with Gasteiger partial charge in [0.2, 0.25) is 0 Å². The molecule has 0 fully saturated rings. The van der Waals surface area contributed by atoms with Crippen LogP contribution in [0.5, 0.6) is 0 Å². The summed E-state index contributed by atoms with van der Waals surface area (Å²) in [6.07, 6.45) is 0. The molecule has 0 spiro atoms. The van der Waals surface area contributed by atoms with Crippen LogP contribution in [0.4, 0.5) is 5.69 Å². The predicted octanol–water partition coefficient (Wildman–Crippen LogP) is 4.66. The molecule has 1 N–H and O–H groups in total. The second-order valence-corrected chi connectivity index (χ2v) is 5.71. The third-order valence-electron chi connectivity index (χ3n) is 3.22. The second-order valence-electron chi connectivity index (χ2n) is 4.79. The van der Waals surface area contributed by atoms with Gasteiger partial charge >= 0.3 is 0 Å². The molecule has 0 aliphatic carbocycles. The molecule has 4 nitrogen and oxygen atoms in total. The maximum Gasteiger partial charge on any atom is 0.261 e. The summed E-state index contributed by atoms with van der Waals surface area (Å²) in [7, 11) is 0. The minimum absolute atomic E-state index is 0.240. The molecular weight excluding hydrogens is 344 g/mol. The maximum absolute atomic E-state index is 12.6. The fourth-order valence-electron chi connectivity index (χ4n) is 2.19. The summed E-state index contributed by atoms with van der Waals surface area (Å²) in [6, 6.07) is 16.9. The van der Waals surface area contributed by atoms with Gasteiger partial charge in [0.15, 0.2) is 0 Å². The summed E-state index contributed by atoms with van der Waals surface area (Å²) in [5, 5.41) is 6.89. The molecule has 3 aromatic rings. The molecule has 1 aromatic heterocycles. The fourth-order valence-corrected chi connectivity index (χ4v) is 2.59. The predicted molar refractivity (Wildman–Crippen MR) is 88.8 cm³/mol. The highest BCUT2D eigenvalue weighted by molar-refractivity contribution is 9.10. The van der Waals surface area contributed by atoms with E-state index in [1.807, 2.05) is 54.6 Å². The van der Waals surface area contributed by atoms with Crippen LogP contribution in [0.3, 0.4) is 0 Å². The number of aryl methyl sites for hydroxylation is 1. The molecule has 0 aliphatic rings. The number of amides is 1. The van der Waals surface area contributed by atoms with E-state index in [1.165, 1.54) is 0 Å². The van der Waals surface area contributed by atoms with E-state index in [2.05, 4.69) is 26.4 Å². The summed E-state index contributed by atoms with van der Waals surface area (Å²) in [5.74, 6) is 0.252. The Kier molecular flexibility index (Phi) is 4.06. The van der Waals surface area contributed by atoms with Crippen molar-refractivity contribution in [2.75, 3.05) is 5.32 Å². The van der Waals surface area contributed by atoms with Gasteiger partial charge in [0.1, 0.15) is 17.0 Å². The number of carbonyl (C=O) groups is 1. The lowest BCUT2D eigenvalue weighted by atomic mass is 10.1. The van der Waals surface area contributed by atoms with Gasteiger partial charge in [-0.2, -0.15) is 0 Å². The van der Waals surface area contributed by atoms with Crippen molar-refractivity contribution in [2.24, 2.45) is 0 Å². The zero-order valence-electron chi connectivity index (χ0n) is 11.8. The quantitative estimate of drug-likeness (QED) is 0.741. The Morgan fingerprint density at radius 2 is 1.91 bits per heavy atom. The zero-order chi connectivity index (χ0) is 15.5. The molecule has 0 atom stereocenters. The monoisotopic (exact) mass is 356 g/mol. The molecule has 0 radical (unpaired) electrons. The van der Waals surface area contributed by atoms with Crippen LogP contribution in [-0.2, 0) is 0 Å². The van der Waals surface area contributed by atoms with Crippen LogP contribution < -0.4 is 5.32 Å². The number of nitrogens with zero attached hydrogens (tertiary/aromatic N) is 1. The molecular formula is C17H13BrN2O2. The van der Waals surface area contributed by atoms with E-state index in [-0.39, 0.29) is 5.91 Å². The Morgan fingerprint density at radius 1 is 1.14 bits per heavy atom. The lowest BCUT2D eigenvalue weighted by molar-refractivity contribution is 0.102. The SMILES string of the molecule is Cc1onc(-c2ccccc2)c1C(=O)Nc1cccc(Br)c1. The highest BCUT2D eigenvalue weighted by Gasteiger charge is 2.21. The van der Waals surface area contributed by atoms with E-state index in [0.717, 1.165) is 10.0 Å². The number of rotatable bonds is 3. The summed E-state index contributed by atoms with van der Waals surface area (Å²) in [5.41, 5.74) is 2.55. The molecule has 0 aliphatic heterocycles. The zero-order valence-corrected chi connectivity index (χ0v) is 13.4. The van der Waals surface area contributed by atoms with Crippen LogP contribution in [-0.4, -0.2) is 11.1 Å². The first kappa shape index (κ1) is 14.5. The van der Waals surface area contributed by atoms with Gasteiger partial charge in [0.25, 0.3) is 5.91 Å². The van der Waals surface area contributed by atoms with Crippen LogP contribution in [0.15, 0.2) is 63.6 Å². The molecule has 5 heteroatoms. The number of benzene rings is 2. The number of halogens is 1. The number of nitrogens with one attached hydrogen (secondary N) is 1. The number of carbonyl (C=O) groups excluding carboxylic acids is 1. The summed E-state index contributed by atoms with van der Waals surface area (Å²) in [6.45, 7) is 1.73. The van der Waals surface area contributed by atoms with Crippen molar-refractivity contribution in [3.63, 3.8) is 0 Å². The number of hydrogen-bond acceptors (Lipinski definition) is 3. The van der Waals surface area contributed by atoms with Crippen molar-refractivity contribution in [1.29, 1.82) is 0 Å². The smallest absolute Gasteiger partial charge is 0.261 e. The van der Waals surface area contributed by atoms with Crippen LogP contribution in [0.1, 0.15) is 16.1 Å². The van der Waals surface area contributed by atoms with Gasteiger partial charge in [-0.15, -0.1) is 0 Å². The number of hydrogen-bond donors (Lipinski definition) is 1. The fraction of sp³-hybridized carbons (Fsp3) is 0.0588. The minimum Gasteiger partial charge on any atom is -0.360 e. The largest absolute Gasteiger partial charge is 0.360 e. The van der Waals surface area contributed by atoms with Crippen molar-refractivity contribution >= 4 is 27.5 Å². The minimum atomic E-state index is -0.240. The molecule has 110 valence electrons. The first-order valence-electron chi connectivity index (χ1n) is 6.74. The standard InChI is InChI=1S/C17H13BrN2O2/c1-11-15(16(20-22-11)12-6-3-2-4-7-12)17(21)19-14-9-5-8-13(18)10-14/h2-10H,1H3,(H,19,21). The molecule has 0 saturated heterocycles. The highest BCUT2D eigenvalue weighted by Crippen LogP contribution is 2.26. The highest BCUT2D eigenvalue weighted by atomic mass is 79.9. The van der Waals surface area contributed by atoms with E-state index in [0.29, 0.717) is 22.7 Å². The Labute approximate surface area is 136 Å². The average Bonchev–Trinajstić information content (AvgIpc) is 2.90. The number of anilines is 1.